The van der Waals surface area contributed by atoms with Gasteiger partial charge < -0.3 is 10.1 Å². The molecule has 1 aliphatic heterocycles. The van der Waals surface area contributed by atoms with Crippen LogP contribution in [0, 0.1) is 26.1 Å². The number of fused-ring (bicyclic) bond motifs is 3. The van der Waals surface area contributed by atoms with E-state index in [2.05, 4.69) is 5.32 Å². The number of alkyl halides is 1. The van der Waals surface area contributed by atoms with Gasteiger partial charge in [0.05, 0.1) is 55.1 Å². The fourth-order valence-electron chi connectivity index (χ4n) is 5.38. The van der Waals surface area contributed by atoms with Gasteiger partial charge in [-0.25, -0.2) is 0 Å². The largest absolute Gasteiger partial charge is 0.494 e. The van der Waals surface area contributed by atoms with E-state index in [0.29, 0.717) is 38.4 Å². The van der Waals surface area contributed by atoms with Crippen LogP contribution >= 0.6 is 46.6 Å². The van der Waals surface area contributed by atoms with Crippen LogP contribution in [0.4, 0.5) is 17.1 Å². The fourth-order valence-corrected chi connectivity index (χ4v) is 7.75. The fraction of sp³-hybridized carbons (Fsp3) is 0.280. The highest BCUT2D eigenvalue weighted by atomic mass is 35.5. The number of nitro benzene ring substituents is 2. The number of halogens is 3. The number of methoxy groups -OCH3 is 1. The number of non-ortho nitro benzene ring substituents is 1. The zero-order valence-electron chi connectivity index (χ0n) is 19.3. The molecule has 37 heavy (non-hydrogen) atoms. The number of para-hydroxylation sites is 1. The first-order valence-electron chi connectivity index (χ1n) is 11.3. The summed E-state index contributed by atoms with van der Waals surface area (Å²) in [6.07, 6.45) is 0.584. The third kappa shape index (κ3) is 4.58. The summed E-state index contributed by atoms with van der Waals surface area (Å²) in [6.45, 7) is 0. The Morgan fingerprint density at radius 1 is 1.03 bits per heavy atom. The van der Waals surface area contributed by atoms with E-state index >= 15 is 0 Å². The molecule has 3 aromatic carbocycles. The lowest BCUT2D eigenvalue weighted by molar-refractivity contribution is -0.387. The highest BCUT2D eigenvalue weighted by Gasteiger charge is 2.52. The van der Waals surface area contributed by atoms with Crippen molar-refractivity contribution in [1.29, 1.82) is 0 Å². The van der Waals surface area contributed by atoms with Crippen LogP contribution in [0.2, 0.25) is 10.0 Å². The molecule has 1 fully saturated rings. The number of rotatable bonds is 6. The van der Waals surface area contributed by atoms with E-state index in [9.17, 15) is 20.2 Å². The molecule has 5 rings (SSSR count). The van der Waals surface area contributed by atoms with Gasteiger partial charge in [-0.3, -0.25) is 20.2 Å². The molecule has 0 unspecified atom stereocenters. The summed E-state index contributed by atoms with van der Waals surface area (Å²) in [5, 5.41) is 26.9. The van der Waals surface area contributed by atoms with Crippen molar-refractivity contribution in [3.8, 4) is 5.75 Å². The average Bonchev–Trinajstić information content (AvgIpc) is 3.20. The zero-order chi connectivity index (χ0) is 26.4. The minimum atomic E-state index is -0.483. The van der Waals surface area contributed by atoms with Crippen molar-refractivity contribution in [2.45, 2.75) is 33.9 Å². The van der Waals surface area contributed by atoms with Crippen LogP contribution in [0.25, 0.3) is 0 Å². The Hall–Kier alpha value is -2.72. The van der Waals surface area contributed by atoms with Crippen LogP contribution < -0.4 is 10.1 Å². The summed E-state index contributed by atoms with van der Waals surface area (Å²) in [7, 11) is 1.45. The summed E-state index contributed by atoms with van der Waals surface area (Å²) >= 11 is 21.5. The van der Waals surface area contributed by atoms with Gasteiger partial charge in [0.15, 0.2) is 0 Å². The first kappa shape index (κ1) is 25.9. The Kier molecular flexibility index (Phi) is 7.15. The van der Waals surface area contributed by atoms with Gasteiger partial charge in [0.2, 0.25) is 0 Å². The zero-order valence-corrected chi connectivity index (χ0v) is 22.4. The maximum Gasteiger partial charge on any atom is 0.282 e. The van der Waals surface area contributed by atoms with Crippen molar-refractivity contribution in [3.05, 3.63) is 96.0 Å². The van der Waals surface area contributed by atoms with Crippen molar-refractivity contribution in [3.63, 3.8) is 0 Å². The molecule has 0 amide bonds. The first-order chi connectivity index (χ1) is 17.7. The molecule has 0 aromatic heterocycles. The van der Waals surface area contributed by atoms with Gasteiger partial charge in [-0.1, -0.05) is 47.5 Å². The van der Waals surface area contributed by atoms with E-state index in [1.165, 1.54) is 37.1 Å². The molecule has 8 nitrogen and oxygen atoms in total. The van der Waals surface area contributed by atoms with Crippen LogP contribution in [0.1, 0.15) is 29.5 Å². The molecule has 192 valence electrons. The molecule has 0 saturated heterocycles. The van der Waals surface area contributed by atoms with E-state index in [0.717, 1.165) is 5.56 Å². The minimum absolute atomic E-state index is 0.0107. The summed E-state index contributed by atoms with van der Waals surface area (Å²) < 4.78 is 5.54. The predicted molar refractivity (Wildman–Crippen MR) is 146 cm³/mol. The Balaban J connectivity index is 1.63. The summed E-state index contributed by atoms with van der Waals surface area (Å²) in [4.78, 5) is 23.0. The van der Waals surface area contributed by atoms with Crippen LogP contribution in [0.3, 0.4) is 0 Å². The lowest BCUT2D eigenvalue weighted by atomic mass is 9.77. The maximum atomic E-state index is 11.7. The number of nitrogens with zero attached hydrogens (tertiary/aromatic N) is 2. The second-order valence-corrected chi connectivity index (χ2v) is 11.5. The molecule has 1 N–H and O–H groups in total. The molecule has 3 aromatic rings. The van der Waals surface area contributed by atoms with Gasteiger partial charge in [-0.15, -0.1) is 23.4 Å². The molecular formula is C25H20Cl3N3O5S. The van der Waals surface area contributed by atoms with Crippen molar-refractivity contribution in [1.82, 2.24) is 0 Å². The lowest BCUT2D eigenvalue weighted by Gasteiger charge is -2.39. The summed E-state index contributed by atoms with van der Waals surface area (Å²) in [6, 6.07) is 14.5. The Labute approximate surface area is 231 Å². The lowest BCUT2D eigenvalue weighted by Crippen LogP contribution is -2.31. The molecule has 1 saturated carbocycles. The maximum absolute atomic E-state index is 11.7. The van der Waals surface area contributed by atoms with Crippen molar-refractivity contribution in [2.75, 3.05) is 12.4 Å². The van der Waals surface area contributed by atoms with Crippen LogP contribution in [-0.2, 0) is 0 Å². The highest BCUT2D eigenvalue weighted by molar-refractivity contribution is 8.00. The third-order valence-corrected chi connectivity index (χ3v) is 9.90. The molecule has 1 aliphatic carbocycles. The third-order valence-electron chi connectivity index (χ3n) is 6.96. The molecule has 1 heterocycles. The number of thioether (sulfide) groups is 1. The Morgan fingerprint density at radius 2 is 1.78 bits per heavy atom. The molecule has 12 heteroatoms. The standard InChI is InChI=1S/C25H20Cl3N3O5S/c1-36-18-10-12(30(32)33)9-14-21-15(24(29-25(14)18)13-5-4-6-16(26)22(13)27)11-20(23(21)28)37-19-8-3-2-7-17(19)31(34)35/h2-10,15,20-21,23-24,29H,11H2,1H3/t15-,20+,21+,23-,24-/m1/s1. The molecule has 5 atom stereocenters. The molecule has 0 spiro atoms. The molecule has 0 bridgehead atoms. The van der Waals surface area contributed by atoms with E-state index in [-0.39, 0.29) is 34.5 Å². The van der Waals surface area contributed by atoms with Crippen molar-refractivity contribution < 1.29 is 14.6 Å². The molecule has 0 radical (unpaired) electrons. The van der Waals surface area contributed by atoms with Crippen LogP contribution in [0.15, 0.2) is 59.5 Å². The van der Waals surface area contributed by atoms with E-state index in [1.54, 1.807) is 24.3 Å². The summed E-state index contributed by atoms with van der Waals surface area (Å²) in [5.74, 6) is -0.116. The quantitative estimate of drug-likeness (QED) is 0.180. The summed E-state index contributed by atoms with van der Waals surface area (Å²) in [5.41, 5.74) is 1.97. The smallest absolute Gasteiger partial charge is 0.282 e. The van der Waals surface area contributed by atoms with E-state index in [4.69, 9.17) is 39.5 Å². The first-order valence-corrected chi connectivity index (χ1v) is 13.4. The number of benzene rings is 3. The van der Waals surface area contributed by atoms with Gasteiger partial charge in [0.25, 0.3) is 11.4 Å². The minimum Gasteiger partial charge on any atom is -0.494 e. The Morgan fingerprint density at radius 3 is 2.49 bits per heavy atom. The van der Waals surface area contributed by atoms with Crippen molar-refractivity contribution in [2.24, 2.45) is 5.92 Å². The van der Waals surface area contributed by atoms with Gasteiger partial charge >= 0.3 is 0 Å². The van der Waals surface area contributed by atoms with Gasteiger partial charge in [0.1, 0.15) is 5.75 Å². The van der Waals surface area contributed by atoms with E-state index in [1.807, 2.05) is 12.1 Å². The molecule has 2 aliphatic rings. The molecular weight excluding hydrogens is 561 g/mol. The second kappa shape index (κ2) is 10.2. The van der Waals surface area contributed by atoms with E-state index < -0.39 is 15.2 Å². The number of nitro groups is 2. The van der Waals surface area contributed by atoms with Crippen LogP contribution in [0.5, 0.6) is 5.75 Å². The highest BCUT2D eigenvalue weighted by Crippen LogP contribution is 2.60. The second-order valence-electron chi connectivity index (χ2n) is 8.89. The number of hydrogen-bond donors (Lipinski definition) is 1. The van der Waals surface area contributed by atoms with Crippen molar-refractivity contribution >= 4 is 63.6 Å². The average molecular weight is 581 g/mol. The van der Waals surface area contributed by atoms with Crippen LogP contribution in [-0.4, -0.2) is 27.6 Å². The number of nitrogens with one attached hydrogen (secondary N) is 1. The van der Waals surface area contributed by atoms with Gasteiger partial charge in [0, 0.05) is 23.3 Å². The number of ether oxygens (including phenoxy) is 1. The van der Waals surface area contributed by atoms with Gasteiger partial charge in [-0.2, -0.15) is 0 Å². The monoisotopic (exact) mass is 579 g/mol. The number of anilines is 1. The van der Waals surface area contributed by atoms with Gasteiger partial charge in [-0.05, 0) is 35.6 Å². The Bertz CT molecular complexity index is 1410. The topological polar surface area (TPSA) is 108 Å². The SMILES string of the molecule is COc1cc([N+](=O)[O-])cc2c1N[C@H](c1cccc(Cl)c1Cl)[C@@H]1C[C@H](Sc3ccccc3[N+](=O)[O-])[C@@H](Cl)[C@@H]21. The number of hydrogen-bond acceptors (Lipinski definition) is 7. The predicted octanol–water partition coefficient (Wildman–Crippen LogP) is 7.86. The normalized spacial score (nSPS) is 24.1.